The van der Waals surface area contributed by atoms with Crippen LogP contribution in [0.15, 0.2) is 24.3 Å². The molecule has 27 heavy (non-hydrogen) atoms. The fraction of sp³-hybridized carbons (Fsp3) is 0.611. The predicted molar refractivity (Wildman–Crippen MR) is 101 cm³/mol. The zero-order valence-corrected chi connectivity index (χ0v) is 16.6. The molecule has 1 aromatic rings. The highest BCUT2D eigenvalue weighted by Crippen LogP contribution is 2.21. The topological polar surface area (TPSA) is 105 Å². The summed E-state index contributed by atoms with van der Waals surface area (Å²) in [4.78, 5) is 14.4. The van der Waals surface area contributed by atoms with Gasteiger partial charge in [-0.15, -0.1) is 0 Å². The molecule has 1 fully saturated rings. The van der Waals surface area contributed by atoms with Crippen LogP contribution in [0, 0.1) is 6.92 Å². The van der Waals surface area contributed by atoms with Crippen molar-refractivity contribution in [3.8, 4) is 5.75 Å². The summed E-state index contributed by atoms with van der Waals surface area (Å²) in [5.74, 6) is 0.0609. The van der Waals surface area contributed by atoms with Crippen molar-refractivity contribution in [3.63, 3.8) is 0 Å². The second-order valence-corrected chi connectivity index (χ2v) is 8.45. The molecule has 1 heterocycles. The number of likely N-dealkylation sites (tertiary alicyclic amines) is 1. The SMILES string of the molecule is COCC1[C@@H](NS(=O)(=O)CCO)CCCN1C(=O)COc1ccccc1C. The van der Waals surface area contributed by atoms with Gasteiger partial charge >= 0.3 is 0 Å². The van der Waals surface area contributed by atoms with Crippen LogP contribution in [-0.4, -0.2) is 75.6 Å². The molecule has 1 aliphatic heterocycles. The summed E-state index contributed by atoms with van der Waals surface area (Å²) in [6.07, 6.45) is 1.27. The summed E-state index contributed by atoms with van der Waals surface area (Å²) in [5.41, 5.74) is 0.937. The lowest BCUT2D eigenvalue weighted by molar-refractivity contribution is -0.139. The number of amides is 1. The Labute approximate surface area is 160 Å². The number of aryl methyl sites for hydroxylation is 1. The Bertz CT molecular complexity index is 724. The molecular formula is C18H28N2O6S. The molecule has 2 rings (SSSR count). The van der Waals surface area contributed by atoms with Gasteiger partial charge in [0.05, 0.1) is 25.0 Å². The van der Waals surface area contributed by atoms with Crippen molar-refractivity contribution in [1.29, 1.82) is 0 Å². The number of nitrogens with zero attached hydrogens (tertiary/aromatic N) is 1. The molecule has 0 aliphatic carbocycles. The minimum absolute atomic E-state index is 0.124. The Kier molecular flexibility index (Phi) is 8.03. The van der Waals surface area contributed by atoms with E-state index < -0.39 is 28.7 Å². The average molecular weight is 400 g/mol. The number of hydrogen-bond acceptors (Lipinski definition) is 6. The summed E-state index contributed by atoms with van der Waals surface area (Å²) in [6, 6.07) is 6.56. The van der Waals surface area contributed by atoms with Crippen molar-refractivity contribution in [2.24, 2.45) is 0 Å². The van der Waals surface area contributed by atoms with Gasteiger partial charge in [0.25, 0.3) is 5.91 Å². The Hall–Kier alpha value is -1.68. The highest BCUT2D eigenvalue weighted by Gasteiger charge is 2.36. The minimum atomic E-state index is -3.62. The maximum absolute atomic E-state index is 12.7. The fourth-order valence-electron chi connectivity index (χ4n) is 3.23. The van der Waals surface area contributed by atoms with Crippen molar-refractivity contribution in [3.05, 3.63) is 29.8 Å². The third-order valence-corrected chi connectivity index (χ3v) is 5.95. The van der Waals surface area contributed by atoms with Crippen molar-refractivity contribution in [2.45, 2.75) is 31.8 Å². The number of nitrogens with one attached hydrogen (secondary N) is 1. The summed E-state index contributed by atoms with van der Waals surface area (Å²) in [5, 5.41) is 8.92. The van der Waals surface area contributed by atoms with Crippen LogP contribution in [0.2, 0.25) is 0 Å². The normalized spacial score (nSPS) is 20.5. The van der Waals surface area contributed by atoms with Crippen molar-refractivity contribution in [2.75, 3.05) is 39.2 Å². The third-order valence-electron chi connectivity index (χ3n) is 4.57. The van der Waals surface area contributed by atoms with Gasteiger partial charge in [0.2, 0.25) is 10.0 Å². The van der Waals surface area contributed by atoms with Gasteiger partial charge in [0, 0.05) is 19.7 Å². The van der Waals surface area contributed by atoms with E-state index in [1.54, 1.807) is 11.0 Å². The number of carbonyl (C=O) groups is 1. The van der Waals surface area contributed by atoms with Crippen LogP contribution < -0.4 is 9.46 Å². The Morgan fingerprint density at radius 3 is 2.78 bits per heavy atom. The maximum atomic E-state index is 12.7. The number of hydrogen-bond donors (Lipinski definition) is 2. The molecule has 1 unspecified atom stereocenters. The molecule has 0 saturated carbocycles. The number of sulfonamides is 1. The summed E-state index contributed by atoms with van der Waals surface area (Å²) < 4.78 is 37.5. The van der Waals surface area contributed by atoms with E-state index in [1.807, 2.05) is 25.1 Å². The van der Waals surface area contributed by atoms with E-state index in [0.717, 1.165) is 5.56 Å². The lowest BCUT2D eigenvalue weighted by Crippen LogP contribution is -2.59. The predicted octanol–water partition coefficient (Wildman–Crippen LogP) is 0.292. The standard InChI is InChI=1S/C18H28N2O6S/c1-14-6-3-4-8-17(14)26-13-18(22)20-9-5-7-15(16(20)12-25-2)19-27(23,24)11-10-21/h3-4,6,8,15-16,19,21H,5,7,9-13H2,1-2H3/t15-,16?/m0/s1. The van der Waals surface area contributed by atoms with Gasteiger partial charge in [-0.05, 0) is 31.4 Å². The summed E-state index contributed by atoms with van der Waals surface area (Å²) >= 11 is 0. The molecule has 1 aliphatic rings. The van der Waals surface area contributed by atoms with Gasteiger partial charge in [0.15, 0.2) is 6.61 Å². The lowest BCUT2D eigenvalue weighted by atomic mass is 9.97. The first-order valence-electron chi connectivity index (χ1n) is 8.95. The second kappa shape index (κ2) is 10.0. The lowest BCUT2D eigenvalue weighted by Gasteiger charge is -2.41. The van der Waals surface area contributed by atoms with E-state index >= 15 is 0 Å². The molecule has 9 heteroatoms. The van der Waals surface area contributed by atoms with Crippen molar-refractivity contribution < 1.29 is 27.8 Å². The number of rotatable bonds is 9. The monoisotopic (exact) mass is 400 g/mol. The molecule has 0 radical (unpaired) electrons. The molecule has 1 amide bonds. The first-order valence-corrected chi connectivity index (χ1v) is 10.6. The second-order valence-electron chi connectivity index (χ2n) is 6.57. The Balaban J connectivity index is 2.06. The molecule has 8 nitrogen and oxygen atoms in total. The summed E-state index contributed by atoms with van der Waals surface area (Å²) in [7, 11) is -2.10. The largest absolute Gasteiger partial charge is 0.484 e. The van der Waals surface area contributed by atoms with E-state index in [9.17, 15) is 13.2 Å². The highest BCUT2D eigenvalue weighted by molar-refractivity contribution is 7.89. The molecule has 0 spiro atoms. The molecular weight excluding hydrogens is 372 g/mol. The number of aliphatic hydroxyl groups is 1. The number of ether oxygens (including phenoxy) is 2. The molecule has 1 aromatic carbocycles. The smallest absolute Gasteiger partial charge is 0.260 e. The van der Waals surface area contributed by atoms with Gasteiger partial charge in [-0.25, -0.2) is 13.1 Å². The van der Waals surface area contributed by atoms with Crippen LogP contribution in [0.5, 0.6) is 5.75 Å². The number of carbonyl (C=O) groups excluding carboxylic acids is 1. The highest BCUT2D eigenvalue weighted by atomic mass is 32.2. The molecule has 0 bridgehead atoms. The molecule has 2 atom stereocenters. The third kappa shape index (κ3) is 6.17. The van der Waals surface area contributed by atoms with Gasteiger partial charge < -0.3 is 19.5 Å². The van der Waals surface area contributed by atoms with Gasteiger partial charge in [-0.2, -0.15) is 0 Å². The van der Waals surface area contributed by atoms with E-state index in [-0.39, 0.29) is 24.9 Å². The number of para-hydroxylation sites is 1. The zero-order valence-electron chi connectivity index (χ0n) is 15.8. The van der Waals surface area contributed by atoms with Gasteiger partial charge in [0.1, 0.15) is 5.75 Å². The van der Waals surface area contributed by atoms with Crippen LogP contribution in [0.25, 0.3) is 0 Å². The number of methoxy groups -OCH3 is 1. The molecule has 2 N–H and O–H groups in total. The van der Waals surface area contributed by atoms with Gasteiger partial charge in [-0.1, -0.05) is 18.2 Å². The molecule has 1 saturated heterocycles. The molecule has 0 aromatic heterocycles. The van der Waals surface area contributed by atoms with Crippen molar-refractivity contribution >= 4 is 15.9 Å². The number of piperidine rings is 1. The number of aliphatic hydroxyl groups excluding tert-OH is 1. The van der Waals surface area contributed by atoms with E-state index in [1.165, 1.54) is 7.11 Å². The van der Waals surface area contributed by atoms with Crippen LogP contribution in [0.1, 0.15) is 18.4 Å². The Morgan fingerprint density at radius 2 is 2.11 bits per heavy atom. The maximum Gasteiger partial charge on any atom is 0.260 e. The first-order chi connectivity index (χ1) is 12.9. The van der Waals surface area contributed by atoms with E-state index in [4.69, 9.17) is 14.6 Å². The van der Waals surface area contributed by atoms with Crippen LogP contribution in [0.3, 0.4) is 0 Å². The Morgan fingerprint density at radius 1 is 1.37 bits per heavy atom. The van der Waals surface area contributed by atoms with E-state index in [0.29, 0.717) is 25.1 Å². The van der Waals surface area contributed by atoms with Crippen LogP contribution in [-0.2, 0) is 19.6 Å². The zero-order chi connectivity index (χ0) is 19.9. The molecule has 152 valence electrons. The van der Waals surface area contributed by atoms with Crippen molar-refractivity contribution in [1.82, 2.24) is 9.62 Å². The number of benzene rings is 1. The van der Waals surface area contributed by atoms with Gasteiger partial charge in [-0.3, -0.25) is 4.79 Å². The quantitative estimate of drug-likeness (QED) is 0.617. The van der Waals surface area contributed by atoms with Crippen LogP contribution >= 0.6 is 0 Å². The summed E-state index contributed by atoms with van der Waals surface area (Å²) in [6.45, 7) is 2.05. The minimum Gasteiger partial charge on any atom is -0.484 e. The van der Waals surface area contributed by atoms with Crippen LogP contribution in [0.4, 0.5) is 0 Å². The first kappa shape index (κ1) is 21.6. The van der Waals surface area contributed by atoms with E-state index in [2.05, 4.69) is 4.72 Å². The average Bonchev–Trinajstić information content (AvgIpc) is 2.62. The fourth-order valence-corrected chi connectivity index (χ4v) is 4.33.